The van der Waals surface area contributed by atoms with Gasteiger partial charge in [-0.15, -0.1) is 12.4 Å². The first-order valence-corrected chi connectivity index (χ1v) is 4.27. The molecule has 0 aromatic heterocycles. The molecule has 0 bridgehead atoms. The minimum absolute atomic E-state index is 0. The zero-order valence-corrected chi connectivity index (χ0v) is 8.94. The highest BCUT2D eigenvalue weighted by atomic mass is 35.5. The Labute approximate surface area is 89.9 Å². The molecular weight excluding hydrogens is 205 g/mol. The van der Waals surface area contributed by atoms with Gasteiger partial charge in [0.1, 0.15) is 5.82 Å². The van der Waals surface area contributed by atoms with E-state index in [-0.39, 0.29) is 18.2 Å². The van der Waals surface area contributed by atoms with Crippen LogP contribution < -0.4 is 5.32 Å². The highest BCUT2D eigenvalue weighted by molar-refractivity contribution is 5.85. The van der Waals surface area contributed by atoms with E-state index in [0.717, 1.165) is 6.54 Å². The molecule has 1 aromatic rings. The summed E-state index contributed by atoms with van der Waals surface area (Å²) in [6.07, 6.45) is 0. The topological polar surface area (TPSA) is 21.3 Å². The molecule has 1 rings (SSSR count). The third-order valence-corrected chi connectivity index (χ3v) is 1.76. The first-order valence-electron chi connectivity index (χ1n) is 4.27. The molecule has 0 atom stereocenters. The molecule has 4 heteroatoms. The van der Waals surface area contributed by atoms with E-state index in [1.165, 1.54) is 6.07 Å². The van der Waals surface area contributed by atoms with Crippen LogP contribution in [-0.2, 0) is 11.3 Å². The number of hydrogen-bond acceptors (Lipinski definition) is 2. The van der Waals surface area contributed by atoms with Gasteiger partial charge in [0, 0.05) is 25.8 Å². The molecular formula is C10H15ClFNO. The molecule has 0 aliphatic heterocycles. The monoisotopic (exact) mass is 219 g/mol. The zero-order chi connectivity index (χ0) is 9.52. The molecule has 0 amide bonds. The number of rotatable bonds is 5. The van der Waals surface area contributed by atoms with Crippen molar-refractivity contribution in [3.05, 3.63) is 35.6 Å². The molecule has 2 nitrogen and oxygen atoms in total. The van der Waals surface area contributed by atoms with Crippen LogP contribution in [0.15, 0.2) is 24.3 Å². The number of ether oxygens (including phenoxy) is 1. The maximum absolute atomic E-state index is 13.0. The lowest BCUT2D eigenvalue weighted by atomic mass is 10.2. The molecule has 0 unspecified atom stereocenters. The average molecular weight is 220 g/mol. The third-order valence-electron chi connectivity index (χ3n) is 1.76. The molecule has 0 heterocycles. The highest BCUT2D eigenvalue weighted by Crippen LogP contribution is 2.04. The first-order chi connectivity index (χ1) is 6.34. The van der Waals surface area contributed by atoms with Crippen LogP contribution in [0.4, 0.5) is 4.39 Å². The van der Waals surface area contributed by atoms with E-state index in [9.17, 15) is 4.39 Å². The van der Waals surface area contributed by atoms with Crippen LogP contribution in [0.5, 0.6) is 0 Å². The number of halogens is 2. The molecule has 0 aliphatic rings. The Bertz CT molecular complexity index is 258. The molecule has 0 aliphatic carbocycles. The van der Waals surface area contributed by atoms with Gasteiger partial charge in [0.2, 0.25) is 0 Å². The SMILES string of the molecule is COCCNCc1ccccc1F.Cl. The number of benzene rings is 1. The third kappa shape index (κ3) is 4.56. The summed E-state index contributed by atoms with van der Waals surface area (Å²) in [5, 5.41) is 3.08. The van der Waals surface area contributed by atoms with E-state index in [2.05, 4.69) is 5.32 Å². The fourth-order valence-electron chi connectivity index (χ4n) is 1.04. The molecule has 14 heavy (non-hydrogen) atoms. The van der Waals surface area contributed by atoms with Crippen molar-refractivity contribution in [2.75, 3.05) is 20.3 Å². The van der Waals surface area contributed by atoms with Gasteiger partial charge in [0.25, 0.3) is 0 Å². The van der Waals surface area contributed by atoms with Gasteiger partial charge in [-0.3, -0.25) is 0 Å². The van der Waals surface area contributed by atoms with Crippen LogP contribution in [0.1, 0.15) is 5.56 Å². The Morgan fingerprint density at radius 1 is 1.36 bits per heavy atom. The molecule has 0 fully saturated rings. The molecule has 0 saturated heterocycles. The smallest absolute Gasteiger partial charge is 0.127 e. The summed E-state index contributed by atoms with van der Waals surface area (Å²) >= 11 is 0. The van der Waals surface area contributed by atoms with Gasteiger partial charge in [-0.2, -0.15) is 0 Å². The maximum Gasteiger partial charge on any atom is 0.127 e. The second kappa shape index (κ2) is 7.74. The van der Waals surface area contributed by atoms with Crippen molar-refractivity contribution in [2.24, 2.45) is 0 Å². The summed E-state index contributed by atoms with van der Waals surface area (Å²) in [5.74, 6) is -0.160. The second-order valence-electron chi connectivity index (χ2n) is 2.76. The Morgan fingerprint density at radius 2 is 2.07 bits per heavy atom. The molecule has 1 aromatic carbocycles. The van der Waals surface area contributed by atoms with Crippen LogP contribution in [0.2, 0.25) is 0 Å². The lowest BCUT2D eigenvalue weighted by Gasteiger charge is -2.04. The van der Waals surface area contributed by atoms with Crippen molar-refractivity contribution < 1.29 is 9.13 Å². The largest absolute Gasteiger partial charge is 0.383 e. The predicted octanol–water partition coefficient (Wildman–Crippen LogP) is 1.98. The van der Waals surface area contributed by atoms with Gasteiger partial charge in [0.15, 0.2) is 0 Å². The fourth-order valence-corrected chi connectivity index (χ4v) is 1.04. The van der Waals surface area contributed by atoms with Gasteiger partial charge in [-0.1, -0.05) is 18.2 Å². The van der Waals surface area contributed by atoms with Crippen molar-refractivity contribution >= 4 is 12.4 Å². The van der Waals surface area contributed by atoms with Gasteiger partial charge in [-0.25, -0.2) is 4.39 Å². The number of hydrogen-bond donors (Lipinski definition) is 1. The molecule has 1 N–H and O–H groups in total. The number of nitrogens with one attached hydrogen (secondary N) is 1. The zero-order valence-electron chi connectivity index (χ0n) is 8.13. The fraction of sp³-hybridized carbons (Fsp3) is 0.400. The van der Waals surface area contributed by atoms with Gasteiger partial charge in [-0.05, 0) is 6.07 Å². The lowest BCUT2D eigenvalue weighted by molar-refractivity contribution is 0.199. The van der Waals surface area contributed by atoms with E-state index in [1.54, 1.807) is 19.2 Å². The minimum atomic E-state index is -0.160. The Balaban J connectivity index is 0.00000169. The summed E-state index contributed by atoms with van der Waals surface area (Å²) < 4.78 is 17.9. The van der Waals surface area contributed by atoms with Crippen LogP contribution >= 0.6 is 12.4 Å². The minimum Gasteiger partial charge on any atom is -0.383 e. The summed E-state index contributed by atoms with van der Waals surface area (Å²) in [7, 11) is 1.64. The molecule has 0 radical (unpaired) electrons. The average Bonchev–Trinajstić information content (AvgIpc) is 2.15. The Morgan fingerprint density at radius 3 is 2.71 bits per heavy atom. The van der Waals surface area contributed by atoms with Crippen molar-refractivity contribution in [1.82, 2.24) is 5.32 Å². The van der Waals surface area contributed by atoms with Crippen molar-refractivity contribution in [3.8, 4) is 0 Å². The first kappa shape index (κ1) is 13.4. The van der Waals surface area contributed by atoms with E-state index in [0.29, 0.717) is 18.7 Å². The van der Waals surface area contributed by atoms with Gasteiger partial charge < -0.3 is 10.1 Å². The van der Waals surface area contributed by atoms with E-state index >= 15 is 0 Å². The van der Waals surface area contributed by atoms with Crippen LogP contribution in [-0.4, -0.2) is 20.3 Å². The van der Waals surface area contributed by atoms with Crippen LogP contribution in [0, 0.1) is 5.82 Å². The van der Waals surface area contributed by atoms with Gasteiger partial charge in [0.05, 0.1) is 6.61 Å². The van der Waals surface area contributed by atoms with E-state index in [4.69, 9.17) is 4.74 Å². The van der Waals surface area contributed by atoms with E-state index < -0.39 is 0 Å². The summed E-state index contributed by atoms with van der Waals surface area (Å²) in [6.45, 7) is 1.94. The normalized spacial score (nSPS) is 9.57. The summed E-state index contributed by atoms with van der Waals surface area (Å²) in [6, 6.07) is 6.76. The molecule has 80 valence electrons. The van der Waals surface area contributed by atoms with Crippen LogP contribution in [0.3, 0.4) is 0 Å². The second-order valence-corrected chi connectivity index (χ2v) is 2.76. The predicted molar refractivity (Wildman–Crippen MR) is 57.2 cm³/mol. The number of methoxy groups -OCH3 is 1. The molecule has 0 saturated carbocycles. The van der Waals surface area contributed by atoms with Crippen molar-refractivity contribution in [3.63, 3.8) is 0 Å². The lowest BCUT2D eigenvalue weighted by Crippen LogP contribution is -2.19. The summed E-state index contributed by atoms with van der Waals surface area (Å²) in [5.41, 5.74) is 0.693. The summed E-state index contributed by atoms with van der Waals surface area (Å²) in [4.78, 5) is 0. The van der Waals surface area contributed by atoms with Crippen molar-refractivity contribution in [1.29, 1.82) is 0 Å². The quantitative estimate of drug-likeness (QED) is 0.765. The molecule has 0 spiro atoms. The standard InChI is InChI=1S/C10H14FNO.ClH/c1-13-7-6-12-8-9-4-2-3-5-10(9)11;/h2-5,12H,6-8H2,1H3;1H. The maximum atomic E-state index is 13.0. The van der Waals surface area contributed by atoms with E-state index in [1.807, 2.05) is 6.07 Å². The Hall–Kier alpha value is -0.640. The van der Waals surface area contributed by atoms with Gasteiger partial charge >= 0.3 is 0 Å². The highest BCUT2D eigenvalue weighted by Gasteiger charge is 1.98. The Kier molecular flexibility index (Phi) is 7.38. The van der Waals surface area contributed by atoms with Crippen LogP contribution in [0.25, 0.3) is 0 Å². The van der Waals surface area contributed by atoms with Crippen molar-refractivity contribution in [2.45, 2.75) is 6.54 Å².